The molecule has 1 aromatic carbocycles. The van der Waals surface area contributed by atoms with Crippen LogP contribution in [-0.2, 0) is 18.9 Å². The number of nitrogens with one attached hydrogen (secondary N) is 2. The Kier molecular flexibility index (Phi) is 5.02. The first-order valence-electron chi connectivity index (χ1n) is 10.8. The van der Waals surface area contributed by atoms with Crippen LogP contribution in [0.3, 0.4) is 0 Å². The van der Waals surface area contributed by atoms with Gasteiger partial charge in [0.05, 0.1) is 17.1 Å². The van der Waals surface area contributed by atoms with E-state index >= 15 is 0 Å². The van der Waals surface area contributed by atoms with Gasteiger partial charge in [-0.15, -0.1) is 10.2 Å². The Morgan fingerprint density at radius 2 is 2.24 bits per heavy atom. The minimum Gasteiger partial charge on any atom is -0.359 e. The van der Waals surface area contributed by atoms with Crippen molar-refractivity contribution >= 4 is 28.7 Å². The summed E-state index contributed by atoms with van der Waals surface area (Å²) in [4.78, 5) is 20.6. The third-order valence-electron chi connectivity index (χ3n) is 6.49. The molecular weight excluding hydrogens is 414 g/mol. The number of benzene rings is 1. The van der Waals surface area contributed by atoms with Gasteiger partial charge in [0.25, 0.3) is 5.91 Å². The second-order valence-corrected chi connectivity index (χ2v) is 8.62. The molecule has 3 heterocycles. The van der Waals surface area contributed by atoms with E-state index in [-0.39, 0.29) is 17.2 Å². The molecule has 1 fully saturated rings. The van der Waals surface area contributed by atoms with Gasteiger partial charge in [-0.25, -0.2) is 4.98 Å². The van der Waals surface area contributed by atoms with Gasteiger partial charge in [-0.1, -0.05) is 24.8 Å². The first-order chi connectivity index (χ1) is 16.0. The Hall–Kier alpha value is -4.25. The number of fused-ring (bicyclic) bond motifs is 1. The quantitative estimate of drug-likeness (QED) is 0.473. The molecule has 0 aliphatic heterocycles. The summed E-state index contributed by atoms with van der Waals surface area (Å²) in [5.74, 6) is 0.608. The van der Waals surface area contributed by atoms with E-state index in [9.17, 15) is 10.1 Å². The van der Waals surface area contributed by atoms with E-state index in [4.69, 9.17) is 0 Å². The number of amides is 1. The maximum absolute atomic E-state index is 13.0. The predicted molar refractivity (Wildman–Crippen MR) is 125 cm³/mol. The number of aryl methyl sites for hydroxylation is 1. The lowest BCUT2D eigenvalue weighted by Gasteiger charge is -2.45. The van der Waals surface area contributed by atoms with Crippen LogP contribution in [0.4, 0.5) is 5.69 Å². The highest BCUT2D eigenvalue weighted by atomic mass is 16.1. The summed E-state index contributed by atoms with van der Waals surface area (Å²) in [6.07, 6.45) is 7.37. The van der Waals surface area contributed by atoms with Crippen molar-refractivity contribution in [3.05, 3.63) is 78.1 Å². The van der Waals surface area contributed by atoms with Gasteiger partial charge in [0.15, 0.2) is 0 Å². The number of anilines is 1. The molecule has 1 saturated carbocycles. The highest BCUT2D eigenvalue weighted by molar-refractivity contribution is 6.05. The van der Waals surface area contributed by atoms with Crippen LogP contribution >= 0.6 is 0 Å². The largest absolute Gasteiger partial charge is 0.359 e. The van der Waals surface area contributed by atoms with Crippen LogP contribution in [0.25, 0.3) is 17.1 Å². The number of rotatable bonds is 6. The van der Waals surface area contributed by atoms with Crippen LogP contribution < -0.4 is 5.32 Å². The number of nitrogens with zero attached hydrogens (tertiary/aromatic N) is 5. The topological polar surface area (TPSA) is 112 Å². The molecule has 0 radical (unpaired) electrons. The summed E-state index contributed by atoms with van der Waals surface area (Å²) in [6, 6.07) is 13.8. The molecule has 0 bridgehead atoms. The van der Waals surface area contributed by atoms with Gasteiger partial charge in [-0.3, -0.25) is 4.79 Å². The lowest BCUT2D eigenvalue weighted by Crippen LogP contribution is -2.43. The van der Waals surface area contributed by atoms with Gasteiger partial charge in [-0.05, 0) is 42.7 Å². The van der Waals surface area contributed by atoms with E-state index in [1.807, 2.05) is 35.9 Å². The van der Waals surface area contributed by atoms with Gasteiger partial charge in [0, 0.05) is 42.2 Å². The molecule has 0 unspecified atom stereocenters. The first-order valence-corrected chi connectivity index (χ1v) is 10.8. The standard InChI is InChI=1S/C25H23N7O/c1-3-17-9-21(30-20-7-8-27-23(17)20)24(33)29-19-6-4-5-18(10-19)25(11-16(12-25)14-26)13-22-31-28-15-32(22)2/h3-10,15-16,27H,1,11-13H2,2H3,(H,29,33). The molecule has 2 N–H and O–H groups in total. The van der Waals surface area contributed by atoms with Crippen molar-refractivity contribution in [3.8, 4) is 6.07 Å². The molecular formula is C25H23N7O. The Morgan fingerprint density at radius 1 is 1.39 bits per heavy atom. The van der Waals surface area contributed by atoms with Crippen molar-refractivity contribution in [3.63, 3.8) is 0 Å². The Morgan fingerprint density at radius 3 is 2.97 bits per heavy atom. The summed E-state index contributed by atoms with van der Waals surface area (Å²) < 4.78 is 1.91. The molecule has 4 aromatic rings. The summed E-state index contributed by atoms with van der Waals surface area (Å²) >= 11 is 0. The zero-order valence-electron chi connectivity index (χ0n) is 18.2. The molecule has 0 atom stereocenters. The average molecular weight is 438 g/mol. The molecule has 8 nitrogen and oxygen atoms in total. The number of hydrogen-bond acceptors (Lipinski definition) is 5. The summed E-state index contributed by atoms with van der Waals surface area (Å²) in [5.41, 5.74) is 4.27. The average Bonchev–Trinajstić information content (AvgIpc) is 3.44. The molecule has 0 saturated heterocycles. The third-order valence-corrected chi connectivity index (χ3v) is 6.49. The molecule has 8 heteroatoms. The zero-order chi connectivity index (χ0) is 23.0. The third kappa shape index (κ3) is 3.68. The molecule has 164 valence electrons. The van der Waals surface area contributed by atoms with Crippen LogP contribution in [0.5, 0.6) is 0 Å². The number of aromatic nitrogens is 5. The molecule has 33 heavy (non-hydrogen) atoms. The van der Waals surface area contributed by atoms with Crippen molar-refractivity contribution < 1.29 is 4.79 Å². The van der Waals surface area contributed by atoms with Gasteiger partial charge in [-0.2, -0.15) is 5.26 Å². The highest BCUT2D eigenvalue weighted by Gasteiger charge is 2.46. The monoisotopic (exact) mass is 437 g/mol. The van der Waals surface area contributed by atoms with Gasteiger partial charge >= 0.3 is 0 Å². The molecule has 5 rings (SSSR count). The summed E-state index contributed by atoms with van der Waals surface area (Å²) in [6.45, 7) is 3.84. The van der Waals surface area contributed by atoms with Crippen molar-refractivity contribution in [1.82, 2.24) is 24.7 Å². The van der Waals surface area contributed by atoms with E-state index in [0.717, 1.165) is 35.3 Å². The number of aromatic amines is 1. The molecule has 1 amide bonds. The number of nitriles is 1. The fraction of sp³-hybridized carbons (Fsp3) is 0.240. The number of hydrogen-bond donors (Lipinski definition) is 2. The van der Waals surface area contributed by atoms with E-state index in [1.54, 1.807) is 24.7 Å². The number of carbonyl (C=O) groups excluding carboxylic acids is 1. The van der Waals surface area contributed by atoms with Gasteiger partial charge in [0.1, 0.15) is 17.8 Å². The van der Waals surface area contributed by atoms with Crippen LogP contribution in [0.1, 0.15) is 40.3 Å². The number of H-pyrrole nitrogens is 1. The summed E-state index contributed by atoms with van der Waals surface area (Å²) in [7, 11) is 1.92. The molecule has 3 aromatic heterocycles. The predicted octanol–water partition coefficient (Wildman–Crippen LogP) is 4.00. The second kappa shape index (κ2) is 8.02. The maximum Gasteiger partial charge on any atom is 0.274 e. The highest BCUT2D eigenvalue weighted by Crippen LogP contribution is 2.50. The normalized spacial score (nSPS) is 19.6. The molecule has 1 aliphatic rings. The van der Waals surface area contributed by atoms with Crippen LogP contribution in [-0.4, -0.2) is 30.6 Å². The lowest BCUT2D eigenvalue weighted by molar-refractivity contribution is 0.102. The van der Waals surface area contributed by atoms with Crippen LogP contribution in [0.15, 0.2) is 55.5 Å². The van der Waals surface area contributed by atoms with E-state index < -0.39 is 0 Å². The van der Waals surface area contributed by atoms with Crippen molar-refractivity contribution in [1.29, 1.82) is 5.26 Å². The maximum atomic E-state index is 13.0. The Bertz CT molecular complexity index is 1400. The Labute approximate surface area is 191 Å². The number of carbonyl (C=O) groups is 1. The minimum absolute atomic E-state index is 0.0195. The Balaban J connectivity index is 1.43. The summed E-state index contributed by atoms with van der Waals surface area (Å²) in [5, 5.41) is 20.6. The SMILES string of the molecule is C=Cc1cc(C(=O)Nc2cccc(C3(Cc4nncn4C)CC(C#N)C3)c2)nc2cc[nH]c12. The minimum atomic E-state index is -0.288. The van der Waals surface area contributed by atoms with Crippen molar-refractivity contribution in [2.75, 3.05) is 5.32 Å². The van der Waals surface area contributed by atoms with Crippen molar-refractivity contribution in [2.45, 2.75) is 24.7 Å². The first kappa shape index (κ1) is 20.6. The van der Waals surface area contributed by atoms with Crippen LogP contribution in [0, 0.1) is 17.2 Å². The lowest BCUT2D eigenvalue weighted by atomic mass is 9.57. The van der Waals surface area contributed by atoms with E-state index in [0.29, 0.717) is 23.3 Å². The van der Waals surface area contributed by atoms with E-state index in [2.05, 4.69) is 44.2 Å². The van der Waals surface area contributed by atoms with E-state index in [1.165, 1.54) is 0 Å². The smallest absolute Gasteiger partial charge is 0.274 e. The van der Waals surface area contributed by atoms with Gasteiger partial charge < -0.3 is 14.9 Å². The van der Waals surface area contributed by atoms with Crippen LogP contribution in [0.2, 0.25) is 0 Å². The fourth-order valence-corrected chi connectivity index (χ4v) is 4.69. The van der Waals surface area contributed by atoms with Crippen molar-refractivity contribution in [2.24, 2.45) is 13.0 Å². The molecule has 0 spiro atoms. The zero-order valence-corrected chi connectivity index (χ0v) is 18.2. The fourth-order valence-electron chi connectivity index (χ4n) is 4.69. The number of pyridine rings is 1. The second-order valence-electron chi connectivity index (χ2n) is 8.62. The molecule has 1 aliphatic carbocycles. The van der Waals surface area contributed by atoms with Gasteiger partial charge in [0.2, 0.25) is 0 Å².